The van der Waals surface area contributed by atoms with Crippen molar-refractivity contribution in [3.8, 4) is 0 Å². The van der Waals surface area contributed by atoms with E-state index in [0.29, 0.717) is 19.4 Å². The molecule has 0 aromatic rings. The molecule has 0 aliphatic rings. The van der Waals surface area contributed by atoms with Crippen molar-refractivity contribution in [2.45, 2.75) is 379 Å². The monoisotopic (exact) mass is 1030 g/mol. The van der Waals surface area contributed by atoms with Gasteiger partial charge >= 0.3 is 5.97 Å². The molecule has 1 amide bonds. The van der Waals surface area contributed by atoms with Gasteiger partial charge in [-0.3, -0.25) is 9.59 Å². The molecule has 0 rings (SSSR count). The first-order valence-electron chi connectivity index (χ1n) is 33.1. The number of unbranched alkanes of at least 4 members (excludes halogenated alkanes) is 49. The lowest BCUT2D eigenvalue weighted by molar-refractivity contribution is -0.143. The zero-order chi connectivity index (χ0) is 52.9. The van der Waals surface area contributed by atoms with Crippen LogP contribution in [0.3, 0.4) is 0 Å². The lowest BCUT2D eigenvalue weighted by atomic mass is 10.0. The maximum absolute atomic E-state index is 12.5. The molecule has 2 unspecified atom stereocenters. The summed E-state index contributed by atoms with van der Waals surface area (Å²) in [7, 11) is 0. The van der Waals surface area contributed by atoms with Crippen LogP contribution in [0.2, 0.25) is 0 Å². The average Bonchev–Trinajstić information content (AvgIpc) is 3.39. The van der Waals surface area contributed by atoms with Crippen LogP contribution in [0, 0.1) is 0 Å². The SMILES string of the molecule is CCCCCCCCCCCCCCCCCC/C=C/C(O)C(CO)NC(=O)CCCCCCCCCC/C=C\CCCCCCCCCCCCCCOC(=O)CCCCCCCCCCCCCCCC. The molecule has 6 heteroatoms. The van der Waals surface area contributed by atoms with Crippen molar-refractivity contribution in [3.63, 3.8) is 0 Å². The molecule has 3 N–H and O–H groups in total. The third-order valence-corrected chi connectivity index (χ3v) is 15.5. The van der Waals surface area contributed by atoms with Gasteiger partial charge in [0.05, 0.1) is 25.4 Å². The highest BCUT2D eigenvalue weighted by molar-refractivity contribution is 5.76. The quantitative estimate of drug-likeness (QED) is 0.0320. The van der Waals surface area contributed by atoms with Gasteiger partial charge in [-0.1, -0.05) is 321 Å². The minimum absolute atomic E-state index is 0.0148. The maximum atomic E-state index is 12.5. The standard InChI is InChI=1S/C67H129NO5/c1-3-5-7-9-11-13-15-17-19-20-29-32-35-39-43-47-51-55-59-65(70)64(63-69)68-66(71)60-56-52-48-44-40-36-33-30-27-25-23-21-22-24-26-28-31-34-38-42-46-50-54-58-62-73-67(72)61-57-53-49-45-41-37-18-16-14-12-10-8-6-4-2/h23,25,55,59,64-65,69-70H,3-22,24,26-54,56-58,60-63H2,1-2H3,(H,68,71)/b25-23-,59-55+. The topological polar surface area (TPSA) is 95.9 Å². The predicted octanol–water partition coefficient (Wildman–Crippen LogP) is 21.0. The molecule has 0 aromatic heterocycles. The smallest absolute Gasteiger partial charge is 0.305 e. The Hall–Kier alpha value is -1.66. The highest BCUT2D eigenvalue weighted by Crippen LogP contribution is 2.18. The van der Waals surface area contributed by atoms with Gasteiger partial charge in [0.25, 0.3) is 0 Å². The van der Waals surface area contributed by atoms with Crippen LogP contribution < -0.4 is 5.32 Å². The third-order valence-electron chi connectivity index (χ3n) is 15.5. The van der Waals surface area contributed by atoms with Gasteiger partial charge in [-0.25, -0.2) is 0 Å². The largest absolute Gasteiger partial charge is 0.466 e. The Morgan fingerprint density at radius 2 is 0.644 bits per heavy atom. The van der Waals surface area contributed by atoms with Crippen LogP contribution in [0.4, 0.5) is 0 Å². The molecule has 0 saturated heterocycles. The Morgan fingerprint density at radius 3 is 0.973 bits per heavy atom. The molecule has 0 fully saturated rings. The summed E-state index contributed by atoms with van der Waals surface area (Å²) in [6.07, 6.45) is 78.0. The van der Waals surface area contributed by atoms with Gasteiger partial charge in [-0.05, 0) is 57.8 Å². The summed E-state index contributed by atoms with van der Waals surface area (Å²) in [6, 6.07) is -0.631. The molecule has 0 aromatic carbocycles. The number of amides is 1. The fraction of sp³-hybridized carbons (Fsp3) is 0.910. The van der Waals surface area contributed by atoms with Gasteiger partial charge in [-0.2, -0.15) is 0 Å². The first-order chi connectivity index (χ1) is 36.0. The molecule has 0 aliphatic heterocycles. The van der Waals surface area contributed by atoms with Gasteiger partial charge in [-0.15, -0.1) is 0 Å². The Morgan fingerprint density at radius 1 is 0.370 bits per heavy atom. The molecule has 0 bridgehead atoms. The summed E-state index contributed by atoms with van der Waals surface area (Å²) in [5, 5.41) is 23.2. The van der Waals surface area contributed by atoms with Gasteiger partial charge < -0.3 is 20.3 Å². The number of aliphatic hydroxyl groups excluding tert-OH is 2. The molecule has 0 spiro atoms. The summed E-state index contributed by atoms with van der Waals surface area (Å²) < 4.78 is 5.49. The van der Waals surface area contributed by atoms with E-state index in [1.165, 1.54) is 302 Å². The minimum Gasteiger partial charge on any atom is -0.466 e. The summed E-state index contributed by atoms with van der Waals surface area (Å²) in [5.74, 6) is -0.0547. The van der Waals surface area contributed by atoms with Crippen LogP contribution >= 0.6 is 0 Å². The van der Waals surface area contributed by atoms with Gasteiger partial charge in [0.1, 0.15) is 0 Å². The van der Waals surface area contributed by atoms with Crippen molar-refractivity contribution in [1.29, 1.82) is 0 Å². The van der Waals surface area contributed by atoms with Crippen molar-refractivity contribution in [2.24, 2.45) is 0 Å². The highest BCUT2D eigenvalue weighted by atomic mass is 16.5. The molecule has 2 atom stereocenters. The number of nitrogens with one attached hydrogen (secondary N) is 1. The fourth-order valence-electron chi connectivity index (χ4n) is 10.4. The van der Waals surface area contributed by atoms with Crippen LogP contribution in [-0.4, -0.2) is 47.4 Å². The average molecular weight is 1030 g/mol. The number of rotatable bonds is 62. The van der Waals surface area contributed by atoms with Crippen molar-refractivity contribution in [2.75, 3.05) is 13.2 Å². The van der Waals surface area contributed by atoms with E-state index in [0.717, 1.165) is 38.5 Å². The summed E-state index contributed by atoms with van der Waals surface area (Å²) >= 11 is 0. The number of carbonyl (C=O) groups excluding carboxylic acids is 2. The van der Waals surface area contributed by atoms with E-state index >= 15 is 0 Å². The Labute approximate surface area is 456 Å². The molecule has 432 valence electrons. The van der Waals surface area contributed by atoms with E-state index in [2.05, 4.69) is 31.3 Å². The van der Waals surface area contributed by atoms with Crippen LogP contribution in [0.1, 0.15) is 367 Å². The minimum atomic E-state index is -0.847. The van der Waals surface area contributed by atoms with Crippen LogP contribution in [0.5, 0.6) is 0 Å². The maximum Gasteiger partial charge on any atom is 0.305 e. The lowest BCUT2D eigenvalue weighted by Crippen LogP contribution is -2.45. The summed E-state index contributed by atoms with van der Waals surface area (Å²) in [4.78, 5) is 24.5. The van der Waals surface area contributed by atoms with Crippen molar-refractivity contribution < 1.29 is 24.5 Å². The molecule has 0 radical (unpaired) electrons. The number of allylic oxidation sites excluding steroid dienone is 3. The molecule has 0 saturated carbocycles. The number of hydrogen-bond donors (Lipinski definition) is 3. The van der Waals surface area contributed by atoms with E-state index < -0.39 is 12.1 Å². The second kappa shape index (κ2) is 62.9. The fourth-order valence-corrected chi connectivity index (χ4v) is 10.4. The number of aliphatic hydroxyl groups is 2. The Bertz CT molecular complexity index is 1140. The van der Waals surface area contributed by atoms with Crippen molar-refractivity contribution in [3.05, 3.63) is 24.3 Å². The van der Waals surface area contributed by atoms with Crippen LogP contribution in [0.25, 0.3) is 0 Å². The third kappa shape index (κ3) is 59.4. The molecular weight excluding hydrogens is 899 g/mol. The van der Waals surface area contributed by atoms with Gasteiger partial charge in [0, 0.05) is 12.8 Å². The summed E-state index contributed by atoms with van der Waals surface area (Å²) in [6.45, 7) is 4.93. The summed E-state index contributed by atoms with van der Waals surface area (Å²) in [5.41, 5.74) is 0. The van der Waals surface area contributed by atoms with E-state index in [1.807, 2.05) is 6.08 Å². The number of esters is 1. The van der Waals surface area contributed by atoms with E-state index in [1.54, 1.807) is 6.08 Å². The van der Waals surface area contributed by atoms with Crippen molar-refractivity contribution >= 4 is 11.9 Å². The number of hydrogen-bond acceptors (Lipinski definition) is 5. The molecular formula is C67H129NO5. The van der Waals surface area contributed by atoms with E-state index in [9.17, 15) is 19.8 Å². The van der Waals surface area contributed by atoms with E-state index in [4.69, 9.17) is 4.74 Å². The predicted molar refractivity (Wildman–Crippen MR) is 320 cm³/mol. The molecule has 0 heterocycles. The lowest BCUT2D eigenvalue weighted by Gasteiger charge is -2.20. The van der Waals surface area contributed by atoms with Gasteiger partial charge in [0.15, 0.2) is 0 Å². The normalized spacial score (nSPS) is 12.7. The first kappa shape index (κ1) is 71.3. The molecule has 6 nitrogen and oxygen atoms in total. The van der Waals surface area contributed by atoms with Crippen LogP contribution in [0.15, 0.2) is 24.3 Å². The zero-order valence-electron chi connectivity index (χ0n) is 49.4. The van der Waals surface area contributed by atoms with E-state index in [-0.39, 0.29) is 18.5 Å². The number of ether oxygens (including phenoxy) is 1. The highest BCUT2D eigenvalue weighted by Gasteiger charge is 2.18. The zero-order valence-corrected chi connectivity index (χ0v) is 49.4. The first-order valence-corrected chi connectivity index (χ1v) is 33.1. The second-order valence-electron chi connectivity index (χ2n) is 22.8. The second-order valence-corrected chi connectivity index (χ2v) is 22.8. The Kier molecular flexibility index (Phi) is 61.4. The number of carbonyl (C=O) groups is 2. The molecule has 73 heavy (non-hydrogen) atoms. The van der Waals surface area contributed by atoms with Crippen molar-refractivity contribution in [1.82, 2.24) is 5.32 Å². The van der Waals surface area contributed by atoms with Crippen LogP contribution in [-0.2, 0) is 14.3 Å². The molecule has 0 aliphatic carbocycles. The van der Waals surface area contributed by atoms with Gasteiger partial charge in [0.2, 0.25) is 5.91 Å². The Balaban J connectivity index is 3.42.